The highest BCUT2D eigenvalue weighted by molar-refractivity contribution is 7.46. The molecule has 1 aliphatic rings. The summed E-state index contributed by atoms with van der Waals surface area (Å²) < 4.78 is 22.8. The average molecular weight is 226 g/mol. The first kappa shape index (κ1) is 11.5. The van der Waals surface area contributed by atoms with E-state index in [1.807, 2.05) is 0 Å². The highest BCUT2D eigenvalue weighted by atomic mass is 31.2. The highest BCUT2D eigenvalue weighted by Gasteiger charge is 2.23. The zero-order chi connectivity index (χ0) is 10.6. The van der Waals surface area contributed by atoms with Gasteiger partial charge in [0.2, 0.25) is 6.79 Å². The Morgan fingerprint density at radius 3 is 2.50 bits per heavy atom. The van der Waals surface area contributed by atoms with Crippen molar-refractivity contribution in [3.63, 3.8) is 0 Å². The van der Waals surface area contributed by atoms with Crippen LogP contribution in [0.15, 0.2) is 0 Å². The Hall–Kier alpha value is -0.620. The first-order valence-electron chi connectivity index (χ1n) is 3.97. The van der Waals surface area contributed by atoms with Crippen LogP contribution in [0.4, 0.5) is 4.79 Å². The van der Waals surface area contributed by atoms with Crippen molar-refractivity contribution in [2.75, 3.05) is 13.4 Å². The van der Waals surface area contributed by atoms with E-state index in [0.29, 0.717) is 5.92 Å². The van der Waals surface area contributed by atoms with E-state index in [1.54, 1.807) is 0 Å². The molecule has 0 spiro atoms. The topological polar surface area (TPSA) is 102 Å². The molecule has 0 radical (unpaired) electrons. The second kappa shape index (κ2) is 4.75. The lowest BCUT2D eigenvalue weighted by Crippen LogP contribution is -2.11. The third kappa shape index (κ3) is 5.93. The van der Waals surface area contributed by atoms with Crippen LogP contribution in [0.3, 0.4) is 0 Å². The van der Waals surface area contributed by atoms with Crippen LogP contribution in [-0.4, -0.2) is 29.3 Å². The molecule has 7 nitrogen and oxygen atoms in total. The molecule has 0 saturated heterocycles. The first-order chi connectivity index (χ1) is 6.47. The summed E-state index contributed by atoms with van der Waals surface area (Å²) in [6, 6.07) is 0. The van der Waals surface area contributed by atoms with Crippen molar-refractivity contribution >= 4 is 14.0 Å². The van der Waals surface area contributed by atoms with Gasteiger partial charge in [-0.05, 0) is 18.8 Å². The van der Waals surface area contributed by atoms with Crippen LogP contribution in [0.5, 0.6) is 0 Å². The molecule has 1 fully saturated rings. The maximum absolute atomic E-state index is 10.7. The third-order valence-electron chi connectivity index (χ3n) is 1.53. The molecule has 0 aromatic carbocycles. The number of phosphoric acid groups is 1. The zero-order valence-corrected chi connectivity index (χ0v) is 8.18. The number of hydrogen-bond acceptors (Lipinski definition) is 5. The van der Waals surface area contributed by atoms with Gasteiger partial charge in [0.25, 0.3) is 0 Å². The SMILES string of the molecule is O=C(OCOP(=O)(O)O)OCC1CC1. The van der Waals surface area contributed by atoms with Gasteiger partial charge in [0.1, 0.15) is 0 Å². The lowest BCUT2D eigenvalue weighted by atomic mass is 10.5. The lowest BCUT2D eigenvalue weighted by molar-refractivity contribution is -0.00682. The van der Waals surface area contributed by atoms with E-state index in [1.165, 1.54) is 0 Å². The molecule has 1 aliphatic carbocycles. The normalized spacial score (nSPS) is 16.4. The van der Waals surface area contributed by atoms with Gasteiger partial charge in [0, 0.05) is 0 Å². The molecule has 14 heavy (non-hydrogen) atoms. The Balaban J connectivity index is 1.99. The molecule has 0 amide bonds. The van der Waals surface area contributed by atoms with Crippen molar-refractivity contribution in [2.24, 2.45) is 5.92 Å². The van der Waals surface area contributed by atoms with Gasteiger partial charge < -0.3 is 19.3 Å². The summed E-state index contributed by atoms with van der Waals surface area (Å²) in [4.78, 5) is 27.1. The smallest absolute Gasteiger partial charge is 0.434 e. The number of hydrogen-bond donors (Lipinski definition) is 2. The van der Waals surface area contributed by atoms with E-state index in [2.05, 4.69) is 14.0 Å². The van der Waals surface area contributed by atoms with Gasteiger partial charge in [-0.3, -0.25) is 0 Å². The summed E-state index contributed by atoms with van der Waals surface area (Å²) in [5, 5.41) is 0. The molecule has 2 N–H and O–H groups in total. The fourth-order valence-corrected chi connectivity index (χ4v) is 0.845. The summed E-state index contributed by atoms with van der Waals surface area (Å²) in [5.74, 6) is 0.408. The molecule has 0 aromatic heterocycles. The maximum atomic E-state index is 10.7. The van der Waals surface area contributed by atoms with Crippen molar-refractivity contribution in [1.82, 2.24) is 0 Å². The van der Waals surface area contributed by atoms with Gasteiger partial charge >= 0.3 is 14.0 Å². The first-order valence-corrected chi connectivity index (χ1v) is 5.50. The second-order valence-corrected chi connectivity index (χ2v) is 4.13. The highest BCUT2D eigenvalue weighted by Crippen LogP contribution is 2.35. The van der Waals surface area contributed by atoms with Crippen LogP contribution in [-0.2, 0) is 18.6 Å². The van der Waals surface area contributed by atoms with Crippen LogP contribution in [0, 0.1) is 5.92 Å². The predicted octanol–water partition coefficient (Wildman–Crippen LogP) is 0.616. The number of rotatable bonds is 5. The molecule has 1 rings (SSSR count). The van der Waals surface area contributed by atoms with Gasteiger partial charge in [-0.25, -0.2) is 13.9 Å². The van der Waals surface area contributed by atoms with Gasteiger partial charge in [0.15, 0.2) is 0 Å². The molecule has 1 saturated carbocycles. The lowest BCUT2D eigenvalue weighted by Gasteiger charge is -2.06. The minimum Gasteiger partial charge on any atom is -0.434 e. The van der Waals surface area contributed by atoms with Crippen molar-refractivity contribution < 1.29 is 33.1 Å². The summed E-state index contributed by atoms with van der Waals surface area (Å²) in [6.07, 6.45) is 1.09. The minimum atomic E-state index is -4.58. The van der Waals surface area contributed by atoms with Crippen molar-refractivity contribution in [2.45, 2.75) is 12.8 Å². The van der Waals surface area contributed by atoms with E-state index in [-0.39, 0.29) is 6.61 Å². The zero-order valence-electron chi connectivity index (χ0n) is 7.29. The van der Waals surface area contributed by atoms with E-state index < -0.39 is 20.8 Å². The van der Waals surface area contributed by atoms with Gasteiger partial charge in [-0.15, -0.1) is 0 Å². The van der Waals surface area contributed by atoms with Crippen LogP contribution in [0.2, 0.25) is 0 Å². The fourth-order valence-electron chi connectivity index (χ4n) is 0.655. The minimum absolute atomic E-state index is 0.286. The van der Waals surface area contributed by atoms with Crippen molar-refractivity contribution in [1.29, 1.82) is 0 Å². The summed E-state index contributed by atoms with van der Waals surface area (Å²) >= 11 is 0. The quantitative estimate of drug-likeness (QED) is 0.402. The Bertz CT molecular complexity index is 243. The monoisotopic (exact) mass is 226 g/mol. The van der Waals surface area contributed by atoms with Crippen LogP contribution >= 0.6 is 7.82 Å². The molecular weight excluding hydrogens is 215 g/mol. The molecular formula is C6H11O7P. The number of phosphoric ester groups is 1. The largest absolute Gasteiger partial charge is 0.510 e. The van der Waals surface area contributed by atoms with E-state index >= 15 is 0 Å². The molecule has 0 aliphatic heterocycles. The Labute approximate surface area is 80.2 Å². The molecule has 0 unspecified atom stereocenters. The predicted molar refractivity (Wildman–Crippen MR) is 43.2 cm³/mol. The third-order valence-corrected chi connectivity index (χ3v) is 1.97. The Morgan fingerprint density at radius 1 is 1.36 bits per heavy atom. The van der Waals surface area contributed by atoms with Gasteiger partial charge in [-0.2, -0.15) is 0 Å². The number of ether oxygens (including phenoxy) is 2. The fraction of sp³-hybridized carbons (Fsp3) is 0.833. The molecule has 0 aromatic rings. The molecule has 0 heterocycles. The van der Waals surface area contributed by atoms with Gasteiger partial charge in [-0.1, -0.05) is 0 Å². The Kier molecular flexibility index (Phi) is 3.88. The summed E-state index contributed by atoms with van der Waals surface area (Å²) in [6.45, 7) is -0.525. The summed E-state index contributed by atoms with van der Waals surface area (Å²) in [5.41, 5.74) is 0. The molecule has 82 valence electrons. The van der Waals surface area contributed by atoms with E-state index in [0.717, 1.165) is 12.8 Å². The summed E-state index contributed by atoms with van der Waals surface area (Å²) in [7, 11) is -4.58. The van der Waals surface area contributed by atoms with Gasteiger partial charge in [0.05, 0.1) is 6.61 Å². The molecule has 0 bridgehead atoms. The van der Waals surface area contributed by atoms with Crippen LogP contribution in [0.25, 0.3) is 0 Å². The maximum Gasteiger partial charge on any atom is 0.510 e. The van der Waals surface area contributed by atoms with Crippen LogP contribution in [0.1, 0.15) is 12.8 Å². The Morgan fingerprint density at radius 2 is 2.00 bits per heavy atom. The average Bonchev–Trinajstić information content (AvgIpc) is 2.81. The van der Waals surface area contributed by atoms with Crippen LogP contribution < -0.4 is 0 Å². The standard InChI is InChI=1S/C6H11O7P/c7-6(11-3-5-1-2-5)12-4-13-14(8,9)10/h5H,1-4H2,(H2,8,9,10). The number of carbonyl (C=O) groups is 1. The second-order valence-electron chi connectivity index (χ2n) is 2.89. The van der Waals surface area contributed by atoms with E-state index in [4.69, 9.17) is 9.79 Å². The number of carbonyl (C=O) groups excluding carboxylic acids is 1. The van der Waals surface area contributed by atoms with Crippen molar-refractivity contribution in [3.05, 3.63) is 0 Å². The molecule has 0 atom stereocenters. The van der Waals surface area contributed by atoms with Crippen molar-refractivity contribution in [3.8, 4) is 0 Å². The van der Waals surface area contributed by atoms with E-state index in [9.17, 15) is 9.36 Å². The molecule has 8 heteroatoms.